The number of amides is 1. The fourth-order valence-electron chi connectivity index (χ4n) is 3.99. The minimum absolute atomic E-state index is 0.0533. The quantitative estimate of drug-likeness (QED) is 0.660. The number of carbonyl (C=O) groups is 1. The second-order valence-corrected chi connectivity index (χ2v) is 6.97. The molecule has 2 bridgehead atoms. The Bertz CT molecular complexity index is 1080. The summed E-state index contributed by atoms with van der Waals surface area (Å²) in [6.07, 6.45) is 8.53. The number of fused-ring (bicyclic) bond motifs is 2. The first kappa shape index (κ1) is 16.4. The highest BCUT2D eigenvalue weighted by atomic mass is 16.3. The Morgan fingerprint density at radius 3 is 2.82 bits per heavy atom. The van der Waals surface area contributed by atoms with E-state index in [-0.39, 0.29) is 18.0 Å². The van der Waals surface area contributed by atoms with Gasteiger partial charge in [-0.15, -0.1) is 0 Å². The Balaban J connectivity index is 1.42. The standard InChI is InChI=1S/C18H16N8O2/c1-24-6-12(5-22-24)16-20-4-11(3-19)17(23-16)25-7-14-2-13(25)8-26(14)18(27)15-9-28-10-21-15/h4-6,9-10,13-14H,2,7-8H2,1H3/t13-,14-/m0/s1. The molecule has 0 aromatic carbocycles. The highest BCUT2D eigenvalue weighted by Gasteiger charge is 2.47. The Morgan fingerprint density at radius 2 is 2.18 bits per heavy atom. The molecule has 2 saturated heterocycles. The Labute approximate surface area is 160 Å². The molecule has 3 aromatic heterocycles. The predicted molar refractivity (Wildman–Crippen MR) is 96.0 cm³/mol. The molecule has 5 rings (SSSR count). The summed E-state index contributed by atoms with van der Waals surface area (Å²) in [6.45, 7) is 1.18. The van der Waals surface area contributed by atoms with Gasteiger partial charge in [0.1, 0.15) is 17.9 Å². The summed E-state index contributed by atoms with van der Waals surface area (Å²) in [5, 5.41) is 13.7. The molecule has 0 radical (unpaired) electrons. The number of rotatable bonds is 3. The summed E-state index contributed by atoms with van der Waals surface area (Å²) in [7, 11) is 1.83. The zero-order valence-corrected chi connectivity index (χ0v) is 15.1. The molecule has 2 aliphatic heterocycles. The number of likely N-dealkylation sites (tertiary alicyclic amines) is 1. The molecule has 2 atom stereocenters. The number of aromatic nitrogens is 5. The molecule has 10 heteroatoms. The monoisotopic (exact) mass is 376 g/mol. The van der Waals surface area contributed by atoms with Crippen molar-refractivity contribution in [2.45, 2.75) is 18.5 Å². The number of hydrogen-bond donors (Lipinski definition) is 0. The lowest BCUT2D eigenvalue weighted by Crippen LogP contribution is -2.49. The number of aryl methyl sites for hydroxylation is 1. The van der Waals surface area contributed by atoms with Crippen molar-refractivity contribution in [1.29, 1.82) is 5.26 Å². The summed E-state index contributed by atoms with van der Waals surface area (Å²) in [4.78, 5) is 29.5. The van der Waals surface area contributed by atoms with E-state index in [1.807, 2.05) is 18.1 Å². The second-order valence-electron chi connectivity index (χ2n) is 6.97. The maximum atomic E-state index is 12.6. The first-order chi connectivity index (χ1) is 13.6. The molecule has 0 aliphatic carbocycles. The first-order valence-electron chi connectivity index (χ1n) is 8.86. The van der Waals surface area contributed by atoms with Gasteiger partial charge in [0, 0.05) is 26.3 Å². The minimum Gasteiger partial charge on any atom is -0.451 e. The number of oxazole rings is 1. The highest BCUT2D eigenvalue weighted by Crippen LogP contribution is 2.36. The number of nitrogens with zero attached hydrogens (tertiary/aromatic N) is 8. The van der Waals surface area contributed by atoms with Gasteiger partial charge in [-0.3, -0.25) is 9.48 Å². The zero-order valence-electron chi connectivity index (χ0n) is 15.1. The second kappa shape index (κ2) is 6.16. The van der Waals surface area contributed by atoms with Gasteiger partial charge in [0.2, 0.25) is 0 Å². The molecule has 2 fully saturated rings. The Morgan fingerprint density at radius 1 is 1.29 bits per heavy atom. The van der Waals surface area contributed by atoms with Crippen molar-refractivity contribution in [2.24, 2.45) is 7.05 Å². The van der Waals surface area contributed by atoms with Crippen LogP contribution in [0.5, 0.6) is 0 Å². The van der Waals surface area contributed by atoms with Crippen LogP contribution in [0.3, 0.4) is 0 Å². The van der Waals surface area contributed by atoms with Crippen molar-refractivity contribution < 1.29 is 9.21 Å². The van der Waals surface area contributed by atoms with Gasteiger partial charge < -0.3 is 14.2 Å². The fraction of sp³-hybridized carbons (Fsp3) is 0.333. The largest absolute Gasteiger partial charge is 0.451 e. The van der Waals surface area contributed by atoms with E-state index in [1.54, 1.807) is 17.1 Å². The van der Waals surface area contributed by atoms with Crippen LogP contribution in [0.2, 0.25) is 0 Å². The van der Waals surface area contributed by atoms with Gasteiger partial charge in [0.15, 0.2) is 23.7 Å². The SMILES string of the molecule is Cn1cc(-c2ncc(C#N)c(N3C[C@@H]4C[C@H]3CN4C(=O)c3cocn3)n2)cn1. The molecule has 3 aromatic rings. The summed E-state index contributed by atoms with van der Waals surface area (Å²) in [6, 6.07) is 2.34. The number of hydrogen-bond acceptors (Lipinski definition) is 8. The first-order valence-corrected chi connectivity index (χ1v) is 8.86. The van der Waals surface area contributed by atoms with Crippen LogP contribution < -0.4 is 4.90 Å². The van der Waals surface area contributed by atoms with E-state index in [0.29, 0.717) is 36.0 Å². The van der Waals surface area contributed by atoms with Crippen molar-refractivity contribution >= 4 is 11.7 Å². The Hall–Kier alpha value is -3.74. The predicted octanol–water partition coefficient (Wildman–Crippen LogP) is 0.840. The van der Waals surface area contributed by atoms with E-state index in [0.717, 1.165) is 12.0 Å². The third-order valence-corrected chi connectivity index (χ3v) is 5.28. The molecule has 140 valence electrons. The molecule has 0 unspecified atom stereocenters. The molecule has 2 aliphatic rings. The number of nitriles is 1. The minimum atomic E-state index is -0.125. The summed E-state index contributed by atoms with van der Waals surface area (Å²) < 4.78 is 6.61. The van der Waals surface area contributed by atoms with Gasteiger partial charge in [0.25, 0.3) is 5.91 Å². The summed E-state index contributed by atoms with van der Waals surface area (Å²) in [5.74, 6) is 1.01. The van der Waals surface area contributed by atoms with Gasteiger partial charge in [-0.05, 0) is 6.42 Å². The van der Waals surface area contributed by atoms with Crippen LogP contribution in [0, 0.1) is 11.3 Å². The third kappa shape index (κ3) is 2.51. The van der Waals surface area contributed by atoms with Crippen LogP contribution >= 0.6 is 0 Å². The average molecular weight is 376 g/mol. The van der Waals surface area contributed by atoms with Crippen LogP contribution in [0.15, 0.2) is 35.7 Å². The maximum Gasteiger partial charge on any atom is 0.276 e. The molecule has 0 spiro atoms. The zero-order chi connectivity index (χ0) is 19.3. The molecule has 1 amide bonds. The van der Waals surface area contributed by atoms with Crippen LogP contribution in [0.4, 0.5) is 5.82 Å². The van der Waals surface area contributed by atoms with Crippen LogP contribution in [-0.2, 0) is 7.05 Å². The van der Waals surface area contributed by atoms with E-state index >= 15 is 0 Å². The number of piperazine rings is 1. The number of anilines is 1. The van der Waals surface area contributed by atoms with Gasteiger partial charge >= 0.3 is 0 Å². The topological polar surface area (TPSA) is 117 Å². The van der Waals surface area contributed by atoms with Crippen LogP contribution in [-0.4, -0.2) is 60.7 Å². The van der Waals surface area contributed by atoms with Crippen molar-refractivity contribution in [2.75, 3.05) is 18.0 Å². The molecular formula is C18H16N8O2. The van der Waals surface area contributed by atoms with E-state index in [4.69, 9.17) is 4.42 Å². The lowest BCUT2D eigenvalue weighted by atomic mass is 10.2. The van der Waals surface area contributed by atoms with E-state index in [9.17, 15) is 10.1 Å². The van der Waals surface area contributed by atoms with Crippen molar-refractivity contribution in [1.82, 2.24) is 29.6 Å². The van der Waals surface area contributed by atoms with E-state index in [1.165, 1.54) is 12.7 Å². The smallest absolute Gasteiger partial charge is 0.276 e. The van der Waals surface area contributed by atoms with Crippen molar-refractivity contribution in [3.63, 3.8) is 0 Å². The van der Waals surface area contributed by atoms with Crippen molar-refractivity contribution in [3.8, 4) is 17.5 Å². The lowest BCUT2D eigenvalue weighted by Gasteiger charge is -2.34. The fourth-order valence-corrected chi connectivity index (χ4v) is 3.99. The van der Waals surface area contributed by atoms with Gasteiger partial charge in [-0.1, -0.05) is 0 Å². The molecular weight excluding hydrogens is 360 g/mol. The lowest BCUT2D eigenvalue weighted by molar-refractivity contribution is 0.0719. The summed E-state index contributed by atoms with van der Waals surface area (Å²) >= 11 is 0. The molecule has 5 heterocycles. The molecule has 0 N–H and O–H groups in total. The van der Waals surface area contributed by atoms with Crippen LogP contribution in [0.25, 0.3) is 11.4 Å². The third-order valence-electron chi connectivity index (χ3n) is 5.28. The van der Waals surface area contributed by atoms with Gasteiger partial charge in [-0.25, -0.2) is 15.0 Å². The maximum absolute atomic E-state index is 12.6. The summed E-state index contributed by atoms with van der Waals surface area (Å²) in [5.41, 5.74) is 1.53. The molecule has 10 nitrogen and oxygen atoms in total. The number of carbonyl (C=O) groups excluding carboxylic acids is 1. The highest BCUT2D eigenvalue weighted by molar-refractivity contribution is 5.92. The molecule has 28 heavy (non-hydrogen) atoms. The van der Waals surface area contributed by atoms with Crippen molar-refractivity contribution in [3.05, 3.63) is 42.5 Å². The van der Waals surface area contributed by atoms with Gasteiger partial charge in [0.05, 0.1) is 30.0 Å². The van der Waals surface area contributed by atoms with E-state index < -0.39 is 0 Å². The van der Waals surface area contributed by atoms with Gasteiger partial charge in [-0.2, -0.15) is 10.4 Å². The normalized spacial score (nSPS) is 20.6. The van der Waals surface area contributed by atoms with E-state index in [2.05, 4.69) is 31.0 Å². The van der Waals surface area contributed by atoms with Crippen LogP contribution in [0.1, 0.15) is 22.5 Å². The molecule has 0 saturated carbocycles. The Kier molecular flexibility index (Phi) is 3.61. The average Bonchev–Trinajstić information content (AvgIpc) is 3.50.